The molecule has 3 rings (SSSR count). The van der Waals surface area contributed by atoms with Crippen LogP contribution in [-0.2, 0) is 10.0 Å². The van der Waals surface area contributed by atoms with E-state index < -0.39 is 15.9 Å². The number of carbonyl (C=O) groups is 1. The van der Waals surface area contributed by atoms with Crippen LogP contribution < -0.4 is 14.8 Å². The highest BCUT2D eigenvalue weighted by Gasteiger charge is 2.21. The molecule has 1 heterocycles. The maximum absolute atomic E-state index is 12.7. The number of ether oxygens (including phenoxy) is 2. The van der Waals surface area contributed by atoms with Crippen molar-refractivity contribution in [2.24, 2.45) is 0 Å². The third kappa shape index (κ3) is 4.04. The molecule has 0 saturated carbocycles. The van der Waals surface area contributed by atoms with Crippen LogP contribution in [0.2, 0.25) is 0 Å². The van der Waals surface area contributed by atoms with Crippen LogP contribution in [0.15, 0.2) is 41.3 Å². The number of anilines is 1. The Bertz CT molecular complexity index is 1160. The molecular formula is C19H21N3O5S2. The van der Waals surface area contributed by atoms with E-state index in [9.17, 15) is 13.2 Å². The highest BCUT2D eigenvalue weighted by Crippen LogP contribution is 2.33. The standard InChI is InChI=1S/C19H21N3O5S2/c1-5-22(2)29(24,25)12-9-10-14-16(11-12)28-19(20-14)21-18(23)13-7-6-8-15(26-3)17(13)27-4/h6-11H,5H2,1-4H3,(H,20,21,23). The van der Waals surface area contributed by atoms with Crippen LogP contribution in [0, 0.1) is 0 Å². The number of benzene rings is 2. The van der Waals surface area contributed by atoms with Crippen LogP contribution in [0.25, 0.3) is 10.2 Å². The summed E-state index contributed by atoms with van der Waals surface area (Å²) in [7, 11) is 0.922. The third-order valence-corrected chi connectivity index (χ3v) is 7.24. The molecule has 0 unspecified atom stereocenters. The number of hydrogen-bond donors (Lipinski definition) is 1. The predicted molar refractivity (Wildman–Crippen MR) is 113 cm³/mol. The lowest BCUT2D eigenvalue weighted by Gasteiger charge is -2.14. The minimum atomic E-state index is -3.56. The summed E-state index contributed by atoms with van der Waals surface area (Å²) in [6.45, 7) is 2.13. The van der Waals surface area contributed by atoms with Gasteiger partial charge in [0.05, 0.1) is 34.9 Å². The monoisotopic (exact) mass is 435 g/mol. The molecule has 154 valence electrons. The topological polar surface area (TPSA) is 97.8 Å². The Kier molecular flexibility index (Phi) is 6.06. The molecule has 0 bridgehead atoms. The van der Waals surface area contributed by atoms with Crippen LogP contribution in [0.4, 0.5) is 5.13 Å². The molecular weight excluding hydrogens is 414 g/mol. The molecule has 0 fully saturated rings. The van der Waals surface area contributed by atoms with E-state index in [0.29, 0.717) is 39.0 Å². The SMILES string of the molecule is CCN(C)S(=O)(=O)c1ccc2nc(NC(=O)c3cccc(OC)c3OC)sc2c1. The zero-order chi connectivity index (χ0) is 21.2. The first kappa shape index (κ1) is 21.0. The van der Waals surface area contributed by atoms with E-state index in [1.165, 1.54) is 43.0 Å². The van der Waals surface area contributed by atoms with Gasteiger partial charge in [0.2, 0.25) is 10.0 Å². The smallest absolute Gasteiger partial charge is 0.261 e. The van der Waals surface area contributed by atoms with Gasteiger partial charge in [-0.3, -0.25) is 10.1 Å². The summed E-state index contributed by atoms with van der Waals surface area (Å²) >= 11 is 1.20. The summed E-state index contributed by atoms with van der Waals surface area (Å²) in [6.07, 6.45) is 0. The second-order valence-corrected chi connectivity index (χ2v) is 9.14. The van der Waals surface area contributed by atoms with Crippen molar-refractivity contribution < 1.29 is 22.7 Å². The molecule has 0 aliphatic carbocycles. The molecule has 0 spiro atoms. The van der Waals surface area contributed by atoms with Gasteiger partial charge in [0, 0.05) is 13.6 Å². The van der Waals surface area contributed by atoms with Gasteiger partial charge in [-0.05, 0) is 30.3 Å². The van der Waals surface area contributed by atoms with Gasteiger partial charge >= 0.3 is 0 Å². The maximum atomic E-state index is 12.7. The first-order valence-corrected chi connectivity index (χ1v) is 11.0. The molecule has 0 aliphatic heterocycles. The lowest BCUT2D eigenvalue weighted by Crippen LogP contribution is -2.26. The Morgan fingerprint density at radius 1 is 1.21 bits per heavy atom. The summed E-state index contributed by atoms with van der Waals surface area (Å²) < 4.78 is 37.5. The fourth-order valence-corrected chi connectivity index (χ4v) is 4.88. The van der Waals surface area contributed by atoms with E-state index in [4.69, 9.17) is 9.47 Å². The summed E-state index contributed by atoms with van der Waals surface area (Å²) in [5.41, 5.74) is 0.903. The lowest BCUT2D eigenvalue weighted by molar-refractivity contribution is 0.102. The minimum Gasteiger partial charge on any atom is -0.493 e. The van der Waals surface area contributed by atoms with E-state index >= 15 is 0 Å². The Labute approximate surface area is 173 Å². The summed E-state index contributed by atoms with van der Waals surface area (Å²) in [5, 5.41) is 3.09. The van der Waals surface area contributed by atoms with Crippen molar-refractivity contribution in [3.8, 4) is 11.5 Å². The van der Waals surface area contributed by atoms with Gasteiger partial charge in [0.15, 0.2) is 16.6 Å². The average molecular weight is 436 g/mol. The molecule has 8 nitrogen and oxygen atoms in total. The van der Waals surface area contributed by atoms with Gasteiger partial charge < -0.3 is 9.47 Å². The molecule has 0 radical (unpaired) electrons. The van der Waals surface area contributed by atoms with Crippen molar-refractivity contribution in [3.63, 3.8) is 0 Å². The molecule has 1 aromatic heterocycles. The number of hydrogen-bond acceptors (Lipinski definition) is 7. The fraction of sp³-hybridized carbons (Fsp3) is 0.263. The van der Waals surface area contributed by atoms with Crippen LogP contribution in [0.5, 0.6) is 11.5 Å². The zero-order valence-electron chi connectivity index (χ0n) is 16.4. The molecule has 2 aromatic carbocycles. The van der Waals surface area contributed by atoms with Crippen LogP contribution in [0.1, 0.15) is 17.3 Å². The summed E-state index contributed by atoms with van der Waals surface area (Å²) in [4.78, 5) is 17.3. The van der Waals surface area contributed by atoms with Crippen LogP contribution in [-0.4, -0.2) is 51.4 Å². The van der Waals surface area contributed by atoms with Gasteiger partial charge in [0.25, 0.3) is 5.91 Å². The Morgan fingerprint density at radius 2 is 1.97 bits per heavy atom. The van der Waals surface area contributed by atoms with Crippen molar-refractivity contribution in [2.75, 3.05) is 33.1 Å². The number of carbonyl (C=O) groups excluding carboxylic acids is 1. The number of methoxy groups -OCH3 is 2. The van der Waals surface area contributed by atoms with Crippen molar-refractivity contribution in [2.45, 2.75) is 11.8 Å². The number of nitrogens with zero attached hydrogens (tertiary/aromatic N) is 2. The first-order chi connectivity index (χ1) is 13.8. The van der Waals surface area contributed by atoms with Crippen molar-refractivity contribution >= 4 is 42.6 Å². The third-order valence-electron chi connectivity index (χ3n) is 4.38. The number of para-hydroxylation sites is 1. The largest absolute Gasteiger partial charge is 0.493 e. The lowest BCUT2D eigenvalue weighted by atomic mass is 10.1. The van der Waals surface area contributed by atoms with Gasteiger partial charge in [-0.15, -0.1) is 0 Å². The minimum absolute atomic E-state index is 0.186. The number of thiazole rings is 1. The molecule has 29 heavy (non-hydrogen) atoms. The normalized spacial score (nSPS) is 11.6. The van der Waals surface area contributed by atoms with E-state index in [1.807, 2.05) is 0 Å². The number of rotatable bonds is 7. The van der Waals surface area contributed by atoms with Gasteiger partial charge in [-0.2, -0.15) is 0 Å². The molecule has 1 N–H and O–H groups in total. The number of fused-ring (bicyclic) bond motifs is 1. The van der Waals surface area contributed by atoms with Gasteiger partial charge in [-0.1, -0.05) is 24.3 Å². The molecule has 0 saturated heterocycles. The molecule has 0 atom stereocenters. The zero-order valence-corrected chi connectivity index (χ0v) is 18.1. The quantitative estimate of drug-likeness (QED) is 0.612. The van der Waals surface area contributed by atoms with Gasteiger partial charge in [-0.25, -0.2) is 17.7 Å². The molecule has 1 amide bonds. The molecule has 0 aliphatic rings. The van der Waals surface area contributed by atoms with Crippen LogP contribution >= 0.6 is 11.3 Å². The highest BCUT2D eigenvalue weighted by molar-refractivity contribution is 7.89. The van der Waals surface area contributed by atoms with Crippen molar-refractivity contribution in [1.29, 1.82) is 0 Å². The van der Waals surface area contributed by atoms with Gasteiger partial charge in [0.1, 0.15) is 0 Å². The average Bonchev–Trinajstić information content (AvgIpc) is 3.13. The molecule has 10 heteroatoms. The fourth-order valence-electron chi connectivity index (χ4n) is 2.70. The van der Waals surface area contributed by atoms with Crippen molar-refractivity contribution in [1.82, 2.24) is 9.29 Å². The number of aromatic nitrogens is 1. The van der Waals surface area contributed by atoms with E-state index in [2.05, 4.69) is 10.3 Å². The highest BCUT2D eigenvalue weighted by atomic mass is 32.2. The van der Waals surface area contributed by atoms with Crippen molar-refractivity contribution in [3.05, 3.63) is 42.0 Å². The van der Waals surface area contributed by atoms with E-state index in [-0.39, 0.29) is 4.90 Å². The second-order valence-electron chi connectivity index (χ2n) is 6.06. The number of nitrogens with one attached hydrogen (secondary N) is 1. The first-order valence-electron chi connectivity index (χ1n) is 8.71. The Hall–Kier alpha value is -2.69. The van der Waals surface area contributed by atoms with E-state index in [0.717, 1.165) is 0 Å². The predicted octanol–water partition coefficient (Wildman–Crippen LogP) is 3.21. The Balaban J connectivity index is 1.91. The van der Waals surface area contributed by atoms with E-state index in [1.54, 1.807) is 37.3 Å². The molecule has 3 aromatic rings. The Morgan fingerprint density at radius 3 is 2.62 bits per heavy atom. The van der Waals surface area contributed by atoms with Crippen LogP contribution in [0.3, 0.4) is 0 Å². The number of sulfonamides is 1. The summed E-state index contributed by atoms with van der Waals surface area (Å²) in [5.74, 6) is 0.363. The maximum Gasteiger partial charge on any atom is 0.261 e. The summed E-state index contributed by atoms with van der Waals surface area (Å²) in [6, 6.07) is 9.72. The number of amides is 1. The second kappa shape index (κ2) is 8.36.